The molecule has 0 saturated carbocycles. The average Bonchev–Trinajstić information content (AvgIpc) is 2.37. The zero-order valence-electron chi connectivity index (χ0n) is 10.7. The van der Waals surface area contributed by atoms with Gasteiger partial charge in [-0.1, -0.05) is 56.1 Å². The van der Waals surface area contributed by atoms with Crippen LogP contribution in [0.4, 0.5) is 0 Å². The lowest BCUT2D eigenvalue weighted by atomic mass is 10.0. The van der Waals surface area contributed by atoms with Gasteiger partial charge in [-0.2, -0.15) is 0 Å². The third-order valence-electron chi connectivity index (χ3n) is 2.88. The maximum Gasteiger partial charge on any atom is 0.328 e. The Morgan fingerprint density at radius 2 is 1.55 bits per heavy atom. The molecule has 0 unspecified atom stereocenters. The summed E-state index contributed by atoms with van der Waals surface area (Å²) in [6.45, 7) is 1.79. The molecule has 0 aromatic heterocycles. The molecule has 0 heterocycles. The molecule has 0 amide bonds. The molecule has 0 aliphatic rings. The molecule has 0 saturated heterocycles. The monoisotopic (exact) mass is 394 g/mol. The zero-order chi connectivity index (χ0) is 14.7. The van der Waals surface area contributed by atoms with Gasteiger partial charge in [0.15, 0.2) is 0 Å². The van der Waals surface area contributed by atoms with Gasteiger partial charge in [-0.05, 0) is 47.4 Å². The molecular weight excluding hydrogens is 384 g/mol. The van der Waals surface area contributed by atoms with Gasteiger partial charge in [-0.25, -0.2) is 4.79 Å². The number of hydrogen-bond acceptors (Lipinski definition) is 1. The summed E-state index contributed by atoms with van der Waals surface area (Å²) in [7, 11) is 0. The molecule has 0 atom stereocenters. The van der Waals surface area contributed by atoms with E-state index in [-0.39, 0.29) is 0 Å². The van der Waals surface area contributed by atoms with E-state index in [2.05, 4.69) is 31.9 Å². The third kappa shape index (κ3) is 3.81. The zero-order valence-corrected chi connectivity index (χ0v) is 13.9. The number of carbonyl (C=O) groups is 1. The molecule has 2 rings (SSSR count). The average molecular weight is 396 g/mol. The highest BCUT2D eigenvalue weighted by Gasteiger charge is 2.03. The fourth-order valence-electron chi connectivity index (χ4n) is 1.91. The van der Waals surface area contributed by atoms with Crippen molar-refractivity contribution in [2.75, 3.05) is 0 Å². The van der Waals surface area contributed by atoms with Crippen molar-refractivity contribution in [2.24, 2.45) is 0 Å². The second kappa shape index (κ2) is 6.37. The molecular formula is C16H12Br2O2. The summed E-state index contributed by atoms with van der Waals surface area (Å²) in [6.07, 6.45) is 1.21. The number of allylic oxidation sites excluding steroid dienone is 1. The van der Waals surface area contributed by atoms with Gasteiger partial charge in [0.2, 0.25) is 0 Å². The summed E-state index contributed by atoms with van der Waals surface area (Å²) in [5.74, 6) is -0.928. The summed E-state index contributed by atoms with van der Waals surface area (Å²) in [4.78, 5) is 10.7. The number of carboxylic acid groups (broad SMARTS) is 1. The standard InChI is InChI=1S/C16H12Br2O2/c1-10(6-16(19)20)11-2-4-12(5-3-11)13-7-14(17)9-15(18)8-13/h2-9H,1H3,(H,19,20)/b10-6-. The summed E-state index contributed by atoms with van der Waals surface area (Å²) in [6, 6.07) is 13.9. The van der Waals surface area contributed by atoms with E-state index >= 15 is 0 Å². The summed E-state index contributed by atoms with van der Waals surface area (Å²) in [5.41, 5.74) is 3.82. The fraction of sp³-hybridized carbons (Fsp3) is 0.0625. The lowest BCUT2D eigenvalue weighted by Crippen LogP contribution is -1.90. The lowest BCUT2D eigenvalue weighted by molar-refractivity contribution is -0.131. The maximum absolute atomic E-state index is 10.7. The van der Waals surface area contributed by atoms with Gasteiger partial charge in [-0.15, -0.1) is 0 Å². The van der Waals surface area contributed by atoms with E-state index in [0.29, 0.717) is 0 Å². The molecule has 0 radical (unpaired) electrons. The number of halogens is 2. The Morgan fingerprint density at radius 3 is 2.05 bits per heavy atom. The summed E-state index contributed by atoms with van der Waals surface area (Å²) >= 11 is 6.94. The van der Waals surface area contributed by atoms with Crippen molar-refractivity contribution in [1.82, 2.24) is 0 Å². The first-order chi connectivity index (χ1) is 9.45. The maximum atomic E-state index is 10.7. The van der Waals surface area contributed by atoms with E-state index in [1.807, 2.05) is 42.5 Å². The van der Waals surface area contributed by atoms with Gasteiger partial charge < -0.3 is 5.11 Å². The van der Waals surface area contributed by atoms with Crippen molar-refractivity contribution in [3.63, 3.8) is 0 Å². The number of carboxylic acids is 1. The Hall–Kier alpha value is -1.39. The molecule has 0 bridgehead atoms. The van der Waals surface area contributed by atoms with Crippen LogP contribution in [0.5, 0.6) is 0 Å². The van der Waals surface area contributed by atoms with Gasteiger partial charge in [0.1, 0.15) is 0 Å². The molecule has 102 valence electrons. The van der Waals surface area contributed by atoms with E-state index in [4.69, 9.17) is 5.11 Å². The lowest BCUT2D eigenvalue weighted by Gasteiger charge is -2.06. The van der Waals surface area contributed by atoms with Crippen LogP contribution in [0.2, 0.25) is 0 Å². The topological polar surface area (TPSA) is 37.3 Å². The molecule has 4 heteroatoms. The highest BCUT2D eigenvalue weighted by molar-refractivity contribution is 9.11. The predicted octanol–water partition coefficient (Wildman–Crippen LogP) is 5.37. The van der Waals surface area contributed by atoms with Gasteiger partial charge in [0.25, 0.3) is 0 Å². The van der Waals surface area contributed by atoms with Crippen molar-refractivity contribution in [1.29, 1.82) is 0 Å². The van der Waals surface area contributed by atoms with E-state index < -0.39 is 5.97 Å². The van der Waals surface area contributed by atoms with Crippen molar-refractivity contribution >= 4 is 43.4 Å². The van der Waals surface area contributed by atoms with E-state index in [1.54, 1.807) is 6.92 Å². The summed E-state index contributed by atoms with van der Waals surface area (Å²) in [5, 5.41) is 8.75. The minimum absolute atomic E-state index is 0.736. The first-order valence-electron chi connectivity index (χ1n) is 5.94. The van der Waals surface area contributed by atoms with Crippen molar-refractivity contribution < 1.29 is 9.90 Å². The largest absolute Gasteiger partial charge is 0.478 e. The molecule has 1 N–H and O–H groups in total. The van der Waals surface area contributed by atoms with Crippen LogP contribution < -0.4 is 0 Å². The highest BCUT2D eigenvalue weighted by atomic mass is 79.9. The van der Waals surface area contributed by atoms with Gasteiger partial charge in [-0.3, -0.25) is 0 Å². The molecule has 20 heavy (non-hydrogen) atoms. The normalized spacial score (nSPS) is 11.4. The van der Waals surface area contributed by atoms with Crippen molar-refractivity contribution in [3.8, 4) is 11.1 Å². The van der Waals surface area contributed by atoms with Crippen LogP contribution in [0.1, 0.15) is 12.5 Å². The fourth-order valence-corrected chi connectivity index (χ4v) is 3.21. The van der Waals surface area contributed by atoms with E-state index in [1.165, 1.54) is 6.08 Å². The van der Waals surface area contributed by atoms with E-state index in [9.17, 15) is 4.79 Å². The molecule has 0 aliphatic heterocycles. The van der Waals surface area contributed by atoms with Crippen LogP contribution in [-0.2, 0) is 4.79 Å². The summed E-state index contributed by atoms with van der Waals surface area (Å²) < 4.78 is 2.01. The number of rotatable bonds is 3. The minimum atomic E-state index is -0.928. The molecule has 2 aromatic carbocycles. The Bertz CT molecular complexity index is 653. The number of benzene rings is 2. The van der Waals surface area contributed by atoms with Gasteiger partial charge in [0.05, 0.1) is 0 Å². The molecule has 0 aliphatic carbocycles. The second-order valence-corrected chi connectivity index (χ2v) is 6.23. The number of aliphatic carboxylic acids is 1. The van der Waals surface area contributed by atoms with Crippen molar-refractivity contribution in [2.45, 2.75) is 6.92 Å². The van der Waals surface area contributed by atoms with Crippen molar-refractivity contribution in [3.05, 3.63) is 63.0 Å². The Balaban J connectivity index is 2.35. The Labute approximate surface area is 134 Å². The van der Waals surface area contributed by atoms with Crippen LogP contribution in [0.25, 0.3) is 16.7 Å². The SMILES string of the molecule is C/C(=C/C(=O)O)c1ccc(-c2cc(Br)cc(Br)c2)cc1. The van der Waals surface area contributed by atoms with Gasteiger partial charge in [0, 0.05) is 15.0 Å². The quantitative estimate of drug-likeness (QED) is 0.709. The number of hydrogen-bond donors (Lipinski definition) is 1. The van der Waals surface area contributed by atoms with Crippen LogP contribution in [0.15, 0.2) is 57.5 Å². The predicted molar refractivity (Wildman–Crippen MR) is 88.6 cm³/mol. The second-order valence-electron chi connectivity index (χ2n) is 4.40. The third-order valence-corrected chi connectivity index (χ3v) is 3.79. The molecule has 2 nitrogen and oxygen atoms in total. The first-order valence-corrected chi connectivity index (χ1v) is 7.52. The highest BCUT2D eigenvalue weighted by Crippen LogP contribution is 2.28. The molecule has 2 aromatic rings. The van der Waals surface area contributed by atoms with Gasteiger partial charge >= 0.3 is 5.97 Å². The van der Waals surface area contributed by atoms with Crippen LogP contribution in [0, 0.1) is 0 Å². The molecule has 0 fully saturated rings. The van der Waals surface area contributed by atoms with E-state index in [0.717, 1.165) is 31.2 Å². The smallest absolute Gasteiger partial charge is 0.328 e. The molecule has 0 spiro atoms. The van der Waals surface area contributed by atoms with Crippen LogP contribution in [-0.4, -0.2) is 11.1 Å². The Morgan fingerprint density at radius 1 is 1.00 bits per heavy atom. The van der Waals surface area contributed by atoms with Crippen LogP contribution >= 0.6 is 31.9 Å². The Kier molecular flexibility index (Phi) is 4.78. The van der Waals surface area contributed by atoms with Crippen LogP contribution in [0.3, 0.4) is 0 Å². The first kappa shape index (κ1) is 15.0. The minimum Gasteiger partial charge on any atom is -0.478 e.